The molecule has 5 heteroatoms. The zero-order chi connectivity index (χ0) is 11.5. The van der Waals surface area contributed by atoms with Gasteiger partial charge in [0.05, 0.1) is 17.6 Å². The Balaban J connectivity index is 2.46. The first kappa shape index (κ1) is 10.8. The minimum atomic E-state index is -0.239. The van der Waals surface area contributed by atoms with Crippen LogP contribution in [0.15, 0.2) is 24.4 Å². The number of hydrogen-bond acceptors (Lipinski definition) is 3. The van der Waals surface area contributed by atoms with E-state index in [0.717, 1.165) is 16.9 Å². The highest BCUT2D eigenvalue weighted by molar-refractivity contribution is 5.40. The van der Waals surface area contributed by atoms with Crippen molar-refractivity contribution in [2.75, 3.05) is 7.05 Å². The van der Waals surface area contributed by atoms with E-state index in [1.165, 1.54) is 12.1 Å². The lowest BCUT2D eigenvalue weighted by molar-refractivity contribution is 0.624. The van der Waals surface area contributed by atoms with Gasteiger partial charge in [0.25, 0.3) is 0 Å². The van der Waals surface area contributed by atoms with E-state index in [4.69, 9.17) is 0 Å². The molecule has 0 saturated carbocycles. The molecule has 0 aliphatic heterocycles. The molecule has 0 fully saturated rings. The highest BCUT2D eigenvalue weighted by Gasteiger charge is 2.08. The third-order valence-electron chi connectivity index (χ3n) is 2.36. The van der Waals surface area contributed by atoms with Gasteiger partial charge in [-0.3, -0.25) is 0 Å². The number of nitrogens with zero attached hydrogens (tertiary/aromatic N) is 3. The molecule has 0 saturated heterocycles. The van der Waals surface area contributed by atoms with Crippen LogP contribution in [-0.4, -0.2) is 22.0 Å². The van der Waals surface area contributed by atoms with Gasteiger partial charge in [0, 0.05) is 6.54 Å². The minimum absolute atomic E-state index is 0.239. The van der Waals surface area contributed by atoms with Crippen LogP contribution in [0, 0.1) is 12.7 Å². The zero-order valence-electron chi connectivity index (χ0n) is 9.24. The molecule has 2 rings (SSSR count). The fourth-order valence-corrected chi connectivity index (χ4v) is 1.62. The Hall–Kier alpha value is -1.75. The molecular weight excluding hydrogens is 207 g/mol. The fourth-order valence-electron chi connectivity index (χ4n) is 1.62. The molecule has 0 aliphatic rings. The maximum atomic E-state index is 13.0. The Morgan fingerprint density at radius 2 is 2.25 bits per heavy atom. The molecule has 1 aromatic carbocycles. The molecule has 1 aromatic heterocycles. The molecule has 0 unspecified atom stereocenters. The molecule has 1 heterocycles. The van der Waals surface area contributed by atoms with Gasteiger partial charge in [-0.05, 0) is 37.7 Å². The van der Waals surface area contributed by atoms with Gasteiger partial charge >= 0.3 is 0 Å². The molecule has 1 N–H and O–H groups in total. The molecule has 0 atom stereocenters. The van der Waals surface area contributed by atoms with Crippen molar-refractivity contribution >= 4 is 0 Å². The average Bonchev–Trinajstić information content (AvgIpc) is 2.67. The summed E-state index contributed by atoms with van der Waals surface area (Å²) < 4.78 is 14.7. The standard InChI is InChI=1S/C11H13FN4/c1-8-5-9(12)3-4-11(8)16-10(6-13-2)7-14-15-16/h3-5,7,13H,6H2,1-2H3. The number of aromatic nitrogens is 3. The Labute approximate surface area is 93.1 Å². The molecule has 0 radical (unpaired) electrons. The van der Waals surface area contributed by atoms with E-state index in [1.54, 1.807) is 16.9 Å². The summed E-state index contributed by atoms with van der Waals surface area (Å²) in [7, 11) is 1.86. The van der Waals surface area contributed by atoms with Crippen LogP contribution in [-0.2, 0) is 6.54 Å². The first-order valence-electron chi connectivity index (χ1n) is 5.03. The Kier molecular flexibility index (Phi) is 2.96. The summed E-state index contributed by atoms with van der Waals surface area (Å²) in [5.74, 6) is -0.239. The van der Waals surface area contributed by atoms with Gasteiger partial charge < -0.3 is 5.32 Å². The highest BCUT2D eigenvalue weighted by Crippen LogP contribution is 2.15. The summed E-state index contributed by atoms with van der Waals surface area (Å²) in [5.41, 5.74) is 2.63. The lowest BCUT2D eigenvalue weighted by Crippen LogP contribution is -2.11. The Morgan fingerprint density at radius 1 is 1.44 bits per heavy atom. The van der Waals surface area contributed by atoms with E-state index >= 15 is 0 Å². The Bertz CT molecular complexity index is 492. The van der Waals surface area contributed by atoms with Gasteiger partial charge in [-0.2, -0.15) is 0 Å². The predicted octanol–water partition coefficient (Wildman–Crippen LogP) is 1.43. The number of halogens is 1. The topological polar surface area (TPSA) is 42.7 Å². The van der Waals surface area contributed by atoms with Crippen LogP contribution in [0.4, 0.5) is 4.39 Å². The van der Waals surface area contributed by atoms with Crippen LogP contribution >= 0.6 is 0 Å². The third kappa shape index (κ3) is 1.94. The SMILES string of the molecule is CNCc1cnnn1-c1ccc(F)cc1C. The number of nitrogens with one attached hydrogen (secondary N) is 1. The van der Waals surface area contributed by atoms with E-state index in [0.29, 0.717) is 6.54 Å². The quantitative estimate of drug-likeness (QED) is 0.851. The number of aryl methyl sites for hydroxylation is 1. The van der Waals surface area contributed by atoms with Crippen molar-refractivity contribution < 1.29 is 4.39 Å². The van der Waals surface area contributed by atoms with Crippen molar-refractivity contribution in [2.45, 2.75) is 13.5 Å². The van der Waals surface area contributed by atoms with Crippen molar-refractivity contribution in [1.29, 1.82) is 0 Å². The third-order valence-corrected chi connectivity index (χ3v) is 2.36. The van der Waals surface area contributed by atoms with Gasteiger partial charge in [0.15, 0.2) is 0 Å². The largest absolute Gasteiger partial charge is 0.314 e. The molecule has 84 valence electrons. The molecule has 16 heavy (non-hydrogen) atoms. The van der Waals surface area contributed by atoms with Crippen LogP contribution in [0.3, 0.4) is 0 Å². The second kappa shape index (κ2) is 4.40. The van der Waals surface area contributed by atoms with Crippen LogP contribution in [0.2, 0.25) is 0 Å². The van der Waals surface area contributed by atoms with Crippen LogP contribution in [0.5, 0.6) is 0 Å². The zero-order valence-corrected chi connectivity index (χ0v) is 9.24. The molecule has 2 aromatic rings. The first-order valence-corrected chi connectivity index (χ1v) is 5.03. The van der Waals surface area contributed by atoms with E-state index in [9.17, 15) is 4.39 Å². The average molecular weight is 220 g/mol. The lowest BCUT2D eigenvalue weighted by atomic mass is 10.2. The molecule has 4 nitrogen and oxygen atoms in total. The number of hydrogen-bond donors (Lipinski definition) is 1. The Morgan fingerprint density at radius 3 is 2.94 bits per heavy atom. The maximum absolute atomic E-state index is 13.0. The van der Waals surface area contributed by atoms with Gasteiger partial charge in [-0.1, -0.05) is 5.21 Å². The first-order chi connectivity index (χ1) is 7.72. The lowest BCUT2D eigenvalue weighted by Gasteiger charge is -2.08. The molecule has 0 spiro atoms. The van der Waals surface area contributed by atoms with E-state index < -0.39 is 0 Å². The monoisotopic (exact) mass is 220 g/mol. The van der Waals surface area contributed by atoms with Gasteiger partial charge in [-0.25, -0.2) is 9.07 Å². The second-order valence-electron chi connectivity index (χ2n) is 3.60. The minimum Gasteiger partial charge on any atom is -0.314 e. The molecule has 0 amide bonds. The van der Waals surface area contributed by atoms with Gasteiger partial charge in [0.1, 0.15) is 5.82 Å². The van der Waals surface area contributed by atoms with Crippen molar-refractivity contribution in [2.24, 2.45) is 0 Å². The highest BCUT2D eigenvalue weighted by atomic mass is 19.1. The predicted molar refractivity (Wildman–Crippen MR) is 58.8 cm³/mol. The normalized spacial score (nSPS) is 10.7. The van der Waals surface area contributed by atoms with Crippen molar-refractivity contribution in [3.8, 4) is 5.69 Å². The fraction of sp³-hybridized carbons (Fsp3) is 0.273. The van der Waals surface area contributed by atoms with Crippen molar-refractivity contribution in [3.05, 3.63) is 41.5 Å². The molecular formula is C11H13FN4. The number of rotatable bonds is 3. The summed E-state index contributed by atoms with van der Waals surface area (Å²) in [6.45, 7) is 2.52. The van der Waals surface area contributed by atoms with Crippen molar-refractivity contribution in [3.63, 3.8) is 0 Å². The van der Waals surface area contributed by atoms with Crippen LogP contribution in [0.1, 0.15) is 11.3 Å². The molecule has 0 aliphatic carbocycles. The second-order valence-corrected chi connectivity index (χ2v) is 3.60. The van der Waals surface area contributed by atoms with E-state index in [-0.39, 0.29) is 5.82 Å². The summed E-state index contributed by atoms with van der Waals surface area (Å²) in [4.78, 5) is 0. The van der Waals surface area contributed by atoms with Gasteiger partial charge in [0.2, 0.25) is 0 Å². The smallest absolute Gasteiger partial charge is 0.123 e. The summed E-state index contributed by atoms with van der Waals surface area (Å²) in [6.07, 6.45) is 1.69. The maximum Gasteiger partial charge on any atom is 0.123 e. The molecule has 0 bridgehead atoms. The van der Waals surface area contributed by atoms with Gasteiger partial charge in [-0.15, -0.1) is 5.10 Å². The van der Waals surface area contributed by atoms with Crippen molar-refractivity contribution in [1.82, 2.24) is 20.3 Å². The van der Waals surface area contributed by atoms with E-state index in [2.05, 4.69) is 15.6 Å². The van der Waals surface area contributed by atoms with Crippen LogP contribution in [0.25, 0.3) is 5.69 Å². The van der Waals surface area contributed by atoms with Crippen LogP contribution < -0.4 is 5.32 Å². The number of benzene rings is 1. The van der Waals surface area contributed by atoms with E-state index in [1.807, 2.05) is 14.0 Å². The summed E-state index contributed by atoms with van der Waals surface area (Å²) >= 11 is 0. The summed E-state index contributed by atoms with van der Waals surface area (Å²) in [5, 5.41) is 10.9. The summed E-state index contributed by atoms with van der Waals surface area (Å²) in [6, 6.07) is 4.62.